The number of primary amides is 1. The molecule has 0 spiro atoms. The van der Waals surface area contributed by atoms with Crippen LogP contribution >= 0.6 is 0 Å². The van der Waals surface area contributed by atoms with Crippen LogP contribution in [0.25, 0.3) is 0 Å². The molecule has 0 bridgehead atoms. The van der Waals surface area contributed by atoms with Crippen LogP contribution in [0.5, 0.6) is 0 Å². The Balaban J connectivity index is 3.03. The average molecular weight is 214 g/mol. The topological polar surface area (TPSA) is 64.3 Å². The molecule has 15 heavy (non-hydrogen) atoms. The Morgan fingerprint density at radius 1 is 1.40 bits per heavy atom. The van der Waals surface area contributed by atoms with E-state index in [0.29, 0.717) is 6.42 Å². The summed E-state index contributed by atoms with van der Waals surface area (Å²) in [6.45, 7) is 8.08. The minimum Gasteiger partial charge on any atom is -0.370 e. The Kier molecular flexibility index (Phi) is 2.87. The fraction of sp³-hybridized carbons (Fsp3) is 0.909. The van der Waals surface area contributed by atoms with Crippen molar-refractivity contribution in [3.8, 4) is 0 Å². The van der Waals surface area contributed by atoms with Gasteiger partial charge in [0.1, 0.15) is 0 Å². The van der Waals surface area contributed by atoms with Gasteiger partial charge in [0.15, 0.2) is 0 Å². The maximum absolute atomic E-state index is 11.1. The van der Waals surface area contributed by atoms with Gasteiger partial charge in [-0.3, -0.25) is 4.79 Å². The van der Waals surface area contributed by atoms with Gasteiger partial charge >= 0.3 is 0 Å². The quantitative estimate of drug-likeness (QED) is 0.730. The molecule has 0 aromatic rings. The van der Waals surface area contributed by atoms with E-state index in [0.717, 1.165) is 6.42 Å². The van der Waals surface area contributed by atoms with Crippen molar-refractivity contribution < 1.29 is 9.53 Å². The molecule has 1 fully saturated rings. The molecule has 1 rings (SSSR count). The third kappa shape index (κ3) is 2.16. The lowest BCUT2D eigenvalue weighted by atomic mass is 9.76. The summed E-state index contributed by atoms with van der Waals surface area (Å²) in [4.78, 5) is 11.1. The molecule has 1 aliphatic heterocycles. The van der Waals surface area contributed by atoms with Crippen molar-refractivity contribution >= 4 is 5.91 Å². The number of hydrogen-bond donors (Lipinski definition) is 2. The zero-order valence-electron chi connectivity index (χ0n) is 10.3. The van der Waals surface area contributed by atoms with Crippen LogP contribution in [0.1, 0.15) is 40.5 Å². The molecular formula is C11H22N2O2. The van der Waals surface area contributed by atoms with Crippen molar-refractivity contribution in [3.05, 3.63) is 0 Å². The second-order valence-electron chi connectivity index (χ2n) is 5.52. The van der Waals surface area contributed by atoms with Crippen LogP contribution in [0.15, 0.2) is 0 Å². The lowest BCUT2D eigenvalue weighted by molar-refractivity contribution is -0.123. The Labute approximate surface area is 91.5 Å². The van der Waals surface area contributed by atoms with Gasteiger partial charge in [-0.05, 0) is 41.2 Å². The van der Waals surface area contributed by atoms with Crippen LogP contribution < -0.4 is 11.1 Å². The largest absolute Gasteiger partial charge is 0.370 e. The first kappa shape index (κ1) is 12.5. The summed E-state index contributed by atoms with van der Waals surface area (Å²) < 4.78 is 5.97. The number of rotatable bonds is 3. The van der Waals surface area contributed by atoms with E-state index in [4.69, 9.17) is 10.5 Å². The third-order valence-electron chi connectivity index (χ3n) is 3.37. The normalized spacial score (nSPS) is 32.9. The Morgan fingerprint density at radius 3 is 2.20 bits per heavy atom. The van der Waals surface area contributed by atoms with E-state index >= 15 is 0 Å². The van der Waals surface area contributed by atoms with Gasteiger partial charge in [0.05, 0.1) is 16.7 Å². The standard InChI is InChI=1S/C11H22N2O2/c1-9(2)7-11(13-5,6-8(12)14)10(3,4)15-9/h13H,6-7H2,1-5H3,(H2,12,14). The van der Waals surface area contributed by atoms with Gasteiger partial charge in [0.2, 0.25) is 5.91 Å². The summed E-state index contributed by atoms with van der Waals surface area (Å²) in [6.07, 6.45) is 1.09. The molecular weight excluding hydrogens is 192 g/mol. The molecule has 1 amide bonds. The van der Waals surface area contributed by atoms with E-state index in [9.17, 15) is 4.79 Å². The highest BCUT2D eigenvalue weighted by Gasteiger charge is 2.56. The lowest BCUT2D eigenvalue weighted by Crippen LogP contribution is -2.57. The van der Waals surface area contributed by atoms with E-state index in [1.54, 1.807) is 0 Å². The minimum atomic E-state index is -0.389. The summed E-state index contributed by atoms with van der Waals surface area (Å²) in [5.74, 6) is -0.293. The molecule has 1 heterocycles. The van der Waals surface area contributed by atoms with Crippen molar-refractivity contribution in [2.45, 2.75) is 57.3 Å². The molecule has 0 saturated carbocycles. The van der Waals surface area contributed by atoms with E-state index in [1.165, 1.54) is 0 Å². The number of ether oxygens (including phenoxy) is 1. The SMILES string of the molecule is CNC1(CC(N)=O)CC(C)(C)OC1(C)C. The fourth-order valence-electron chi connectivity index (χ4n) is 2.81. The van der Waals surface area contributed by atoms with Gasteiger partial charge < -0.3 is 15.8 Å². The monoisotopic (exact) mass is 214 g/mol. The van der Waals surface area contributed by atoms with E-state index < -0.39 is 0 Å². The van der Waals surface area contributed by atoms with Gasteiger partial charge in [-0.1, -0.05) is 0 Å². The Morgan fingerprint density at radius 2 is 1.93 bits per heavy atom. The number of nitrogens with two attached hydrogens (primary N) is 1. The highest BCUT2D eigenvalue weighted by Crippen LogP contribution is 2.46. The number of hydrogen-bond acceptors (Lipinski definition) is 3. The predicted molar refractivity (Wildman–Crippen MR) is 59.5 cm³/mol. The van der Waals surface area contributed by atoms with E-state index in [-0.39, 0.29) is 22.6 Å². The highest BCUT2D eigenvalue weighted by molar-refractivity contribution is 5.75. The second kappa shape index (κ2) is 3.46. The van der Waals surface area contributed by atoms with Crippen LogP contribution in [0, 0.1) is 0 Å². The predicted octanol–water partition coefficient (Wildman–Crippen LogP) is 0.797. The first-order valence-electron chi connectivity index (χ1n) is 5.32. The summed E-state index contributed by atoms with van der Waals surface area (Å²) >= 11 is 0. The summed E-state index contributed by atoms with van der Waals surface area (Å²) in [5.41, 5.74) is 4.34. The minimum absolute atomic E-state index is 0.220. The zero-order chi connectivity index (χ0) is 11.9. The molecule has 0 aliphatic carbocycles. The van der Waals surface area contributed by atoms with E-state index in [2.05, 4.69) is 5.32 Å². The summed E-state index contributed by atoms with van der Waals surface area (Å²) in [6, 6.07) is 0. The first-order valence-corrected chi connectivity index (χ1v) is 5.32. The van der Waals surface area contributed by atoms with Crippen molar-refractivity contribution in [2.24, 2.45) is 5.73 Å². The van der Waals surface area contributed by atoms with Crippen molar-refractivity contribution in [1.29, 1.82) is 0 Å². The lowest BCUT2D eigenvalue weighted by Gasteiger charge is -2.38. The van der Waals surface area contributed by atoms with Crippen LogP contribution in [0.4, 0.5) is 0 Å². The molecule has 1 saturated heterocycles. The Bertz CT molecular complexity index is 274. The molecule has 3 N–H and O–H groups in total. The van der Waals surface area contributed by atoms with Crippen molar-refractivity contribution in [1.82, 2.24) is 5.32 Å². The molecule has 4 nitrogen and oxygen atoms in total. The maximum atomic E-state index is 11.1. The molecule has 1 aliphatic rings. The molecule has 88 valence electrons. The highest BCUT2D eigenvalue weighted by atomic mass is 16.5. The smallest absolute Gasteiger partial charge is 0.219 e. The van der Waals surface area contributed by atoms with Crippen LogP contribution in [0.2, 0.25) is 0 Å². The first-order chi connectivity index (χ1) is 6.64. The number of nitrogens with one attached hydrogen (secondary N) is 1. The molecule has 1 unspecified atom stereocenters. The number of carbonyl (C=O) groups excluding carboxylic acids is 1. The van der Waals surface area contributed by atoms with Crippen LogP contribution in [-0.2, 0) is 9.53 Å². The maximum Gasteiger partial charge on any atom is 0.219 e. The third-order valence-corrected chi connectivity index (χ3v) is 3.37. The summed E-state index contributed by atoms with van der Waals surface area (Å²) in [7, 11) is 1.86. The molecule has 1 atom stereocenters. The molecule has 0 aromatic heterocycles. The fourth-order valence-corrected chi connectivity index (χ4v) is 2.81. The average Bonchev–Trinajstić information content (AvgIpc) is 2.15. The number of carbonyl (C=O) groups is 1. The van der Waals surface area contributed by atoms with Crippen molar-refractivity contribution in [3.63, 3.8) is 0 Å². The molecule has 0 radical (unpaired) electrons. The number of amides is 1. The Hall–Kier alpha value is -0.610. The van der Waals surface area contributed by atoms with Gasteiger partial charge in [0, 0.05) is 6.42 Å². The van der Waals surface area contributed by atoms with Gasteiger partial charge in [-0.15, -0.1) is 0 Å². The van der Waals surface area contributed by atoms with Crippen molar-refractivity contribution in [2.75, 3.05) is 7.05 Å². The van der Waals surface area contributed by atoms with Gasteiger partial charge in [-0.2, -0.15) is 0 Å². The number of likely N-dealkylation sites (N-methyl/N-ethyl adjacent to an activating group) is 1. The van der Waals surface area contributed by atoms with Gasteiger partial charge in [0.25, 0.3) is 0 Å². The van der Waals surface area contributed by atoms with E-state index in [1.807, 2.05) is 34.7 Å². The van der Waals surface area contributed by atoms with Gasteiger partial charge in [-0.25, -0.2) is 0 Å². The van der Waals surface area contributed by atoms with Crippen LogP contribution in [0.3, 0.4) is 0 Å². The molecule has 4 heteroatoms. The molecule has 0 aromatic carbocycles. The second-order valence-corrected chi connectivity index (χ2v) is 5.52. The zero-order valence-corrected chi connectivity index (χ0v) is 10.3. The van der Waals surface area contributed by atoms with Crippen LogP contribution in [-0.4, -0.2) is 29.7 Å². The summed E-state index contributed by atoms with van der Waals surface area (Å²) in [5, 5.41) is 3.23.